The largest absolute Gasteiger partial charge is 0.456 e. The van der Waals surface area contributed by atoms with Gasteiger partial charge in [-0.2, -0.15) is 0 Å². The van der Waals surface area contributed by atoms with Gasteiger partial charge in [0.15, 0.2) is 0 Å². The number of nitrogens with zero attached hydrogens (tertiary/aromatic N) is 6. The Bertz CT molecular complexity index is 9530. The highest BCUT2D eigenvalue weighted by molar-refractivity contribution is 6.21. The average molecular weight is 1800 g/mol. The first kappa shape index (κ1) is 82.5. The fraction of sp³-hybridized carbons (Fsp3) is 0.0382. The van der Waals surface area contributed by atoms with Crippen molar-refractivity contribution >= 4 is 182 Å². The van der Waals surface area contributed by atoms with Crippen LogP contribution in [0, 0.1) is 13.8 Å². The lowest BCUT2D eigenvalue weighted by Gasteiger charge is -2.28. The molecule has 9 nitrogen and oxygen atoms in total. The van der Waals surface area contributed by atoms with Crippen molar-refractivity contribution in [1.29, 1.82) is 0 Å². The monoisotopic (exact) mass is 1800 g/mol. The second-order valence-electron chi connectivity index (χ2n) is 37.1. The van der Waals surface area contributed by atoms with Crippen LogP contribution in [0.5, 0.6) is 0 Å². The minimum Gasteiger partial charge on any atom is -0.456 e. The molecule has 0 radical (unpaired) electrons. The van der Waals surface area contributed by atoms with E-state index in [2.05, 4.69) is 505 Å². The zero-order valence-corrected chi connectivity index (χ0v) is 77.6. The summed E-state index contributed by atoms with van der Waals surface area (Å²) in [6, 6.07) is 174. The van der Waals surface area contributed by atoms with E-state index in [0.717, 1.165) is 151 Å². The summed E-state index contributed by atoms with van der Waals surface area (Å²) in [7, 11) is 0. The van der Waals surface area contributed by atoms with Crippen molar-refractivity contribution in [3.8, 4) is 50.4 Å². The third kappa shape index (κ3) is 13.8. The number of para-hydroxylation sites is 8. The Morgan fingerprint density at radius 2 is 0.521 bits per heavy atom. The summed E-state index contributed by atoms with van der Waals surface area (Å²) in [5, 5.41) is 14.0. The molecule has 1 aliphatic carbocycles. The van der Waals surface area contributed by atoms with E-state index in [1.54, 1.807) is 0 Å². The van der Waals surface area contributed by atoms with Crippen LogP contribution in [0.25, 0.3) is 182 Å². The van der Waals surface area contributed by atoms with Crippen molar-refractivity contribution in [1.82, 2.24) is 13.7 Å². The summed E-state index contributed by atoms with van der Waals surface area (Å²) in [4.78, 5) is 7.22. The molecule has 6 heterocycles. The summed E-state index contributed by atoms with van der Waals surface area (Å²) in [6.07, 6.45) is 0. The minimum absolute atomic E-state index is 0.0950. The first-order valence-electron chi connectivity index (χ1n) is 48.0. The highest BCUT2D eigenvalue weighted by Gasteiger charge is 2.37. The molecule has 21 aromatic carbocycles. The van der Waals surface area contributed by atoms with Gasteiger partial charge >= 0.3 is 0 Å². The number of benzene rings is 21. The lowest BCUT2D eigenvalue weighted by atomic mass is 9.82. The molecule has 140 heavy (non-hydrogen) atoms. The molecule has 1 aliphatic rings. The lowest BCUT2D eigenvalue weighted by molar-refractivity contribution is 0.660. The van der Waals surface area contributed by atoms with Gasteiger partial charge in [-0.05, 0) is 264 Å². The van der Waals surface area contributed by atoms with Gasteiger partial charge in [-0.3, -0.25) is 0 Å². The molecule has 6 aromatic heterocycles. The second-order valence-corrected chi connectivity index (χ2v) is 37.1. The molecular formula is C131H92N6O3. The number of rotatable bonds is 14. The predicted octanol–water partition coefficient (Wildman–Crippen LogP) is 36.7. The molecule has 0 aliphatic heterocycles. The molecule has 0 bridgehead atoms. The van der Waals surface area contributed by atoms with Gasteiger partial charge in [0.1, 0.15) is 33.5 Å². The maximum atomic E-state index is 6.20. The summed E-state index contributed by atoms with van der Waals surface area (Å²) in [5.41, 5.74) is 38.6. The molecule has 9 heteroatoms. The molecule has 0 amide bonds. The van der Waals surface area contributed by atoms with Gasteiger partial charge in [-0.15, -0.1) is 0 Å². The maximum absolute atomic E-state index is 6.20. The van der Waals surface area contributed by atoms with Crippen molar-refractivity contribution in [2.45, 2.75) is 33.1 Å². The van der Waals surface area contributed by atoms with Gasteiger partial charge in [0, 0.05) is 121 Å². The average Bonchev–Trinajstić information content (AvgIpc) is 1.58. The van der Waals surface area contributed by atoms with Crippen molar-refractivity contribution < 1.29 is 13.3 Å². The van der Waals surface area contributed by atoms with Gasteiger partial charge in [0.2, 0.25) is 0 Å². The highest BCUT2D eigenvalue weighted by atomic mass is 16.3. The summed E-state index contributed by atoms with van der Waals surface area (Å²) in [5.74, 6) is 0. The molecule has 0 saturated carbocycles. The third-order valence-electron chi connectivity index (χ3n) is 28.5. The van der Waals surface area contributed by atoms with Crippen LogP contribution in [0.2, 0.25) is 0 Å². The van der Waals surface area contributed by atoms with Crippen LogP contribution in [0.3, 0.4) is 0 Å². The number of hydrogen-bond acceptors (Lipinski definition) is 6. The van der Waals surface area contributed by atoms with E-state index in [4.69, 9.17) is 13.3 Å². The SMILES string of the molecule is CC1(C)c2ccccc2-c2ccc(N(c3ccccc3)c3cccc4c3c3ccccc3n4-c3ccc4oc5ccccc5c4c3)cc21.Cc1ccc(N(c2cccc(-c3ccccc3)c2)c2cccc3c2c2ccccc2n3-c2ccc3oc4ccccc4c3c2)cc1.Cc1ccccc1-c1ccc(N(c2ccccc2)c2cccc3c2c2ccccc2n3-c2ccc3oc4ccccc4c3c2)cc1. The maximum Gasteiger partial charge on any atom is 0.135 e. The Morgan fingerprint density at radius 1 is 0.200 bits per heavy atom. The van der Waals surface area contributed by atoms with E-state index in [1.165, 1.54) is 105 Å². The molecule has 0 fully saturated rings. The van der Waals surface area contributed by atoms with Crippen LogP contribution in [0.1, 0.15) is 36.1 Å². The van der Waals surface area contributed by atoms with Crippen LogP contribution in [0.4, 0.5) is 51.2 Å². The Hall–Kier alpha value is -18.2. The molecular weight excluding hydrogens is 1710 g/mol. The summed E-state index contributed by atoms with van der Waals surface area (Å²) in [6.45, 7) is 9.01. The first-order chi connectivity index (χ1) is 69.0. The normalized spacial score (nSPS) is 12.2. The molecule has 28 rings (SSSR count). The smallest absolute Gasteiger partial charge is 0.135 e. The first-order valence-corrected chi connectivity index (χ1v) is 48.0. The Labute approximate surface area is 809 Å². The van der Waals surface area contributed by atoms with E-state index in [9.17, 15) is 0 Å². The standard InChI is InChI=1S/C45H32N2O.2C43H30N2O/c1-45(2)37-18-9-6-15-32(37)33-25-23-31(28-38(33)45)46(29-13-4-3-5-14-29)40-20-12-21-41-44(40)35-17-7-10-19-39(35)47(41)30-24-26-43-36(27-30)34-16-8-11-22-42(34)48-43;1-29-21-23-32(24-22-29)44(33-14-9-13-31(27-33)30-11-3-2-4-12-30)39-18-10-19-40-43(39)36-16-5-7-17-38(36)45(40)34-25-26-42-37(28-34)35-15-6-8-20-41(35)46-42;1-29-12-5-6-15-34(29)30-22-24-32(25-23-30)44(31-13-3-2-4-14-31)39-19-11-20-40-43(39)36-17-7-9-18-38(36)45(40)33-26-27-42-37(28-33)35-16-8-10-21-41(35)46-42/h3-28H,1-2H3;2*2-28H,1H3. The van der Waals surface area contributed by atoms with Crippen LogP contribution in [-0.2, 0) is 5.41 Å². The van der Waals surface area contributed by atoms with Crippen molar-refractivity contribution in [3.63, 3.8) is 0 Å². The van der Waals surface area contributed by atoms with E-state index in [-0.39, 0.29) is 5.41 Å². The van der Waals surface area contributed by atoms with Crippen LogP contribution >= 0.6 is 0 Å². The number of aromatic nitrogens is 3. The number of furan rings is 3. The molecule has 0 saturated heterocycles. The minimum atomic E-state index is -0.0950. The van der Waals surface area contributed by atoms with Gasteiger partial charge in [0.05, 0.1) is 50.2 Å². The quantitative estimate of drug-likeness (QED) is 0.108. The molecule has 0 atom stereocenters. The number of hydrogen-bond donors (Lipinski definition) is 0. The molecule has 27 aromatic rings. The predicted molar refractivity (Wildman–Crippen MR) is 586 cm³/mol. The molecule has 0 N–H and O–H groups in total. The van der Waals surface area contributed by atoms with Crippen molar-refractivity contribution in [2.24, 2.45) is 0 Å². The fourth-order valence-electron chi connectivity index (χ4n) is 22.1. The van der Waals surface area contributed by atoms with E-state index >= 15 is 0 Å². The molecule has 664 valence electrons. The van der Waals surface area contributed by atoms with E-state index in [1.807, 2.05) is 36.4 Å². The molecule has 0 unspecified atom stereocenters. The van der Waals surface area contributed by atoms with Gasteiger partial charge in [-0.1, -0.05) is 305 Å². The number of anilines is 9. The second kappa shape index (κ2) is 33.7. The molecule has 0 spiro atoms. The van der Waals surface area contributed by atoms with Crippen molar-refractivity contribution in [3.05, 3.63) is 508 Å². The van der Waals surface area contributed by atoms with Gasteiger partial charge in [0.25, 0.3) is 0 Å². The van der Waals surface area contributed by atoms with Crippen molar-refractivity contribution in [2.75, 3.05) is 14.7 Å². The Kier molecular flexibility index (Phi) is 19.9. The van der Waals surface area contributed by atoms with Crippen LogP contribution in [0.15, 0.2) is 499 Å². The van der Waals surface area contributed by atoms with Gasteiger partial charge < -0.3 is 41.7 Å². The van der Waals surface area contributed by atoms with Crippen LogP contribution < -0.4 is 14.7 Å². The van der Waals surface area contributed by atoms with Gasteiger partial charge in [-0.25, -0.2) is 0 Å². The third-order valence-corrected chi connectivity index (χ3v) is 28.5. The highest BCUT2D eigenvalue weighted by Crippen LogP contribution is 2.54. The topological polar surface area (TPSA) is 63.9 Å². The number of aryl methyl sites for hydroxylation is 2. The Morgan fingerprint density at radius 3 is 0.979 bits per heavy atom. The number of fused-ring (bicyclic) bond motifs is 21. The van der Waals surface area contributed by atoms with E-state index < -0.39 is 0 Å². The zero-order chi connectivity index (χ0) is 93.2. The zero-order valence-electron chi connectivity index (χ0n) is 77.6. The van der Waals surface area contributed by atoms with E-state index in [0.29, 0.717) is 0 Å². The summed E-state index contributed by atoms with van der Waals surface area (Å²) >= 11 is 0. The summed E-state index contributed by atoms with van der Waals surface area (Å²) < 4.78 is 25.7. The Balaban J connectivity index is 0.000000108. The van der Waals surface area contributed by atoms with Crippen LogP contribution in [-0.4, -0.2) is 13.7 Å². The fourth-order valence-corrected chi connectivity index (χ4v) is 22.1. The lowest BCUT2D eigenvalue weighted by Crippen LogP contribution is -2.16.